The van der Waals surface area contributed by atoms with Gasteiger partial charge in [0.2, 0.25) is 5.88 Å². The molecule has 0 spiro atoms. The summed E-state index contributed by atoms with van der Waals surface area (Å²) in [6.45, 7) is 2.94. The third kappa shape index (κ3) is 5.04. The number of ether oxygens (including phenoxy) is 1. The van der Waals surface area contributed by atoms with E-state index in [2.05, 4.69) is 10.3 Å². The van der Waals surface area contributed by atoms with Gasteiger partial charge in [-0.05, 0) is 48.5 Å². The van der Waals surface area contributed by atoms with Crippen LogP contribution < -0.4 is 14.4 Å². The Morgan fingerprint density at radius 3 is 2.47 bits per heavy atom. The Bertz CT molecular complexity index is 1620. The molecule has 0 unspecified atom stereocenters. The van der Waals surface area contributed by atoms with E-state index in [1.807, 2.05) is 34.7 Å². The van der Waals surface area contributed by atoms with Crippen LogP contribution in [0.3, 0.4) is 0 Å². The molecule has 0 saturated carbocycles. The maximum Gasteiger partial charge on any atom is 0.270 e. The number of carbonyl (C=O) groups is 1. The highest BCUT2D eigenvalue weighted by Gasteiger charge is 2.23. The monoisotopic (exact) mass is 573 g/mol. The number of rotatable bonds is 6. The zero-order valence-electron chi connectivity index (χ0n) is 20.7. The van der Waals surface area contributed by atoms with Gasteiger partial charge in [-0.15, -0.1) is 0 Å². The molecule has 1 amide bonds. The lowest BCUT2D eigenvalue weighted by Gasteiger charge is -2.27. The lowest BCUT2D eigenvalue weighted by Crippen LogP contribution is -2.46. The number of halogens is 2. The molecule has 1 aliphatic rings. The fourth-order valence-electron chi connectivity index (χ4n) is 4.30. The number of nitrogens with one attached hydrogen (secondary N) is 1. The Labute approximate surface area is 230 Å². The summed E-state index contributed by atoms with van der Waals surface area (Å²) in [6.07, 6.45) is 1.41. The highest BCUT2D eigenvalue weighted by molar-refractivity contribution is 7.92. The molecular formula is C26H25Cl2N5O4S. The van der Waals surface area contributed by atoms with E-state index in [4.69, 9.17) is 27.9 Å². The first-order valence-electron chi connectivity index (χ1n) is 11.8. The zero-order chi connectivity index (χ0) is 27.0. The second kappa shape index (κ2) is 10.5. The molecule has 1 aliphatic heterocycles. The van der Waals surface area contributed by atoms with Crippen molar-refractivity contribution in [3.63, 3.8) is 0 Å². The summed E-state index contributed by atoms with van der Waals surface area (Å²) in [7, 11) is -0.567. The first-order valence-corrected chi connectivity index (χ1v) is 14.0. The number of carbonyl (C=O) groups excluding carboxylic acids is 1. The molecule has 9 nitrogen and oxygen atoms in total. The summed E-state index contributed by atoms with van der Waals surface area (Å²) >= 11 is 11.9. The molecule has 3 heterocycles. The fraction of sp³-hybridized carbons (Fsp3) is 0.231. The number of nitrogens with zero attached hydrogens (tertiary/aromatic N) is 4. The van der Waals surface area contributed by atoms with Gasteiger partial charge in [0.15, 0.2) is 0 Å². The van der Waals surface area contributed by atoms with Gasteiger partial charge in [0.05, 0.1) is 26.8 Å². The van der Waals surface area contributed by atoms with Crippen molar-refractivity contribution in [2.75, 3.05) is 37.5 Å². The van der Waals surface area contributed by atoms with Crippen molar-refractivity contribution in [3.05, 3.63) is 76.5 Å². The summed E-state index contributed by atoms with van der Waals surface area (Å²) in [4.78, 5) is 19.2. The number of hydrogen-bond acceptors (Lipinski definition) is 6. The lowest BCUT2D eigenvalue weighted by molar-refractivity contribution is 0.0726. The number of amides is 1. The summed E-state index contributed by atoms with van der Waals surface area (Å²) in [5, 5.41) is 4.55. The van der Waals surface area contributed by atoms with E-state index in [9.17, 15) is 13.2 Å². The number of sulfonamides is 1. The first kappa shape index (κ1) is 26.3. The highest BCUT2D eigenvalue weighted by atomic mass is 35.5. The minimum atomic E-state index is -3.87. The van der Waals surface area contributed by atoms with Crippen molar-refractivity contribution >= 4 is 55.7 Å². The van der Waals surface area contributed by atoms with Crippen LogP contribution in [0.4, 0.5) is 5.69 Å². The Kier molecular flexibility index (Phi) is 7.23. The lowest BCUT2D eigenvalue weighted by atomic mass is 10.2. The molecule has 1 fully saturated rings. The minimum Gasteiger partial charge on any atom is -0.439 e. The van der Waals surface area contributed by atoms with E-state index in [-0.39, 0.29) is 20.8 Å². The number of aryl methyl sites for hydroxylation is 1. The average Bonchev–Trinajstić information content (AvgIpc) is 3.25. The molecule has 5 rings (SSSR count). The van der Waals surface area contributed by atoms with E-state index in [1.165, 1.54) is 31.4 Å². The molecule has 1 N–H and O–H groups in total. The Morgan fingerprint density at radius 1 is 1.03 bits per heavy atom. The summed E-state index contributed by atoms with van der Waals surface area (Å²) in [6, 6.07) is 14.7. The quantitative estimate of drug-likeness (QED) is 0.363. The van der Waals surface area contributed by atoms with Gasteiger partial charge in [-0.1, -0.05) is 23.2 Å². The van der Waals surface area contributed by atoms with Crippen molar-refractivity contribution in [2.45, 2.75) is 4.90 Å². The maximum atomic E-state index is 13.0. The van der Waals surface area contributed by atoms with Gasteiger partial charge in [-0.25, -0.2) is 13.4 Å². The normalized spacial score (nSPS) is 14.1. The SMILES string of the molecule is CN(c1ccc(Oc2ccc3c(c2)cc(C(=O)N2CCNCC2)n3C)nc1)S(=O)(=O)c1ccc(Cl)c(Cl)c1. The van der Waals surface area contributed by atoms with Crippen LogP contribution in [0.1, 0.15) is 10.5 Å². The molecule has 1 saturated heterocycles. The number of aromatic nitrogens is 2. The average molecular weight is 574 g/mol. The Morgan fingerprint density at radius 2 is 1.79 bits per heavy atom. The van der Waals surface area contributed by atoms with Gasteiger partial charge in [0, 0.05) is 57.2 Å². The second-order valence-electron chi connectivity index (χ2n) is 8.86. The molecular weight excluding hydrogens is 549 g/mol. The van der Waals surface area contributed by atoms with Crippen molar-refractivity contribution < 1.29 is 17.9 Å². The zero-order valence-corrected chi connectivity index (χ0v) is 23.0. The smallest absolute Gasteiger partial charge is 0.270 e. The molecule has 2 aromatic carbocycles. The Hall–Kier alpha value is -3.31. The van der Waals surface area contributed by atoms with Gasteiger partial charge in [0.1, 0.15) is 11.4 Å². The van der Waals surface area contributed by atoms with Gasteiger partial charge in [0.25, 0.3) is 15.9 Å². The van der Waals surface area contributed by atoms with E-state index >= 15 is 0 Å². The number of fused-ring (bicyclic) bond motifs is 1. The topological polar surface area (TPSA) is 96.8 Å². The summed E-state index contributed by atoms with van der Waals surface area (Å²) in [5.41, 5.74) is 1.87. The molecule has 0 radical (unpaired) electrons. The van der Waals surface area contributed by atoms with E-state index in [1.54, 1.807) is 18.2 Å². The molecule has 0 atom stereocenters. The molecule has 198 valence electrons. The van der Waals surface area contributed by atoms with Crippen molar-refractivity contribution in [2.24, 2.45) is 7.05 Å². The van der Waals surface area contributed by atoms with Crippen molar-refractivity contribution in [1.29, 1.82) is 0 Å². The largest absolute Gasteiger partial charge is 0.439 e. The number of anilines is 1. The molecule has 0 aliphatic carbocycles. The maximum absolute atomic E-state index is 13.0. The van der Waals surface area contributed by atoms with Gasteiger partial charge < -0.3 is 19.5 Å². The van der Waals surface area contributed by atoms with Gasteiger partial charge in [-0.3, -0.25) is 9.10 Å². The summed E-state index contributed by atoms with van der Waals surface area (Å²) in [5.74, 6) is 0.840. The van der Waals surface area contributed by atoms with Crippen molar-refractivity contribution in [1.82, 2.24) is 19.8 Å². The summed E-state index contributed by atoms with van der Waals surface area (Å²) < 4.78 is 34.9. The van der Waals surface area contributed by atoms with Gasteiger partial charge in [-0.2, -0.15) is 0 Å². The van der Waals surface area contributed by atoms with Crippen LogP contribution in [0.25, 0.3) is 10.9 Å². The molecule has 2 aromatic heterocycles. The van der Waals surface area contributed by atoms with Crippen LogP contribution in [-0.2, 0) is 17.1 Å². The van der Waals surface area contributed by atoms with E-state index < -0.39 is 10.0 Å². The number of benzene rings is 2. The number of pyridine rings is 1. The Balaban J connectivity index is 1.33. The minimum absolute atomic E-state index is 0.00451. The van der Waals surface area contributed by atoms with Crippen LogP contribution in [-0.4, -0.2) is 62.0 Å². The predicted octanol–water partition coefficient (Wildman–Crippen LogP) is 4.54. The third-order valence-corrected chi connectivity index (χ3v) is 9.01. The molecule has 4 aromatic rings. The standard InChI is InChI=1S/C26H25Cl2N5O4S/c1-31-23-7-4-19(13-17(23)14-24(31)26(34)33-11-9-29-10-12-33)37-25-8-3-18(16-30-25)32(2)38(35,36)20-5-6-21(27)22(28)15-20/h3-8,13-16,29H,9-12H2,1-2H3. The van der Waals surface area contributed by atoms with E-state index in [0.29, 0.717) is 36.1 Å². The third-order valence-electron chi connectivity index (χ3n) is 6.49. The van der Waals surface area contributed by atoms with Crippen molar-refractivity contribution in [3.8, 4) is 11.6 Å². The highest BCUT2D eigenvalue weighted by Crippen LogP contribution is 2.30. The second-order valence-corrected chi connectivity index (χ2v) is 11.6. The molecule has 38 heavy (non-hydrogen) atoms. The number of piperazine rings is 1. The van der Waals surface area contributed by atoms with Crippen LogP contribution in [0, 0.1) is 0 Å². The number of hydrogen-bond donors (Lipinski definition) is 1. The molecule has 12 heteroatoms. The fourth-order valence-corrected chi connectivity index (χ4v) is 5.87. The molecule has 0 bridgehead atoms. The first-order chi connectivity index (χ1) is 18.1. The van der Waals surface area contributed by atoms with Crippen LogP contribution in [0.2, 0.25) is 10.0 Å². The van der Waals surface area contributed by atoms with Gasteiger partial charge >= 0.3 is 0 Å². The predicted molar refractivity (Wildman–Crippen MR) is 148 cm³/mol. The van der Waals surface area contributed by atoms with E-state index in [0.717, 1.165) is 28.3 Å². The van der Waals surface area contributed by atoms with Crippen LogP contribution in [0.15, 0.2) is 65.7 Å². The van der Waals surface area contributed by atoms with Crippen LogP contribution >= 0.6 is 23.2 Å². The van der Waals surface area contributed by atoms with Crippen LogP contribution in [0.5, 0.6) is 11.6 Å².